The second kappa shape index (κ2) is 7.97. The van der Waals surface area contributed by atoms with Gasteiger partial charge in [-0.15, -0.1) is 13.2 Å². The number of hydrogen-bond donors (Lipinski definition) is 0. The quantitative estimate of drug-likeness (QED) is 0.247. The minimum absolute atomic E-state index is 2.58. The maximum absolute atomic E-state index is 13.5. The monoisotopic (exact) mass is 495 g/mol. The van der Waals surface area contributed by atoms with Crippen molar-refractivity contribution in [1.29, 1.82) is 0 Å². The molecule has 0 aliphatic heterocycles. The van der Waals surface area contributed by atoms with Crippen LogP contribution in [-0.4, -0.2) is 54.5 Å². The van der Waals surface area contributed by atoms with Crippen molar-refractivity contribution in [3.63, 3.8) is 0 Å². The summed E-state index contributed by atoms with van der Waals surface area (Å²) in [6, 6.07) is -7.48. The van der Waals surface area contributed by atoms with Crippen LogP contribution in [0.2, 0.25) is 0 Å². The lowest BCUT2D eigenvalue weighted by Gasteiger charge is -2.34. The number of alkyl halides is 17. The summed E-state index contributed by atoms with van der Waals surface area (Å²) in [5.41, 5.74) is 0. The molecule has 0 saturated heterocycles. The second-order valence-corrected chi connectivity index (χ2v) is 4.91. The lowest BCUT2D eigenvalue weighted by Crippen LogP contribution is -2.57. The highest BCUT2D eigenvalue weighted by atomic mass is 19.4. The van der Waals surface area contributed by atoms with E-state index in [4.69, 9.17) is 0 Å². The summed E-state index contributed by atoms with van der Waals surface area (Å²) in [7, 11) is 0. The molecule has 180 valence electrons. The molecule has 0 aliphatic rings. The molecule has 0 spiro atoms. The summed E-state index contributed by atoms with van der Waals surface area (Å²) in [5, 5.41) is 0. The average Bonchev–Trinajstić information content (AvgIpc) is 2.40. The van der Waals surface area contributed by atoms with E-state index in [1.165, 1.54) is 0 Å². The van der Waals surface area contributed by atoms with Gasteiger partial charge >= 0.3 is 36.8 Å². The van der Waals surface area contributed by atoms with E-state index in [0.29, 0.717) is 0 Å². The van der Waals surface area contributed by atoms with E-state index in [1.54, 1.807) is 0 Å². The summed E-state index contributed by atoms with van der Waals surface area (Å²) >= 11 is 0. The molecule has 2 nitrogen and oxygen atoms in total. The maximum atomic E-state index is 13.5. The summed E-state index contributed by atoms with van der Waals surface area (Å²) in [6.07, 6.45) is -33.4. The fraction of sp³-hybridized carbons (Fsp3) is 0.800. The van der Waals surface area contributed by atoms with Gasteiger partial charge in [-0.3, -0.25) is 0 Å². The first-order valence-corrected chi connectivity index (χ1v) is 6.28. The van der Waals surface area contributed by atoms with Gasteiger partial charge in [-0.2, -0.15) is 66.4 Å². The molecule has 0 aromatic heterocycles. The normalized spacial score (nSPS) is 16.9. The van der Waals surface area contributed by atoms with Crippen molar-refractivity contribution in [1.82, 2.24) is 4.90 Å². The lowest BCUT2D eigenvalue weighted by molar-refractivity contribution is -0.405. The first-order chi connectivity index (χ1) is 12.8. The zero-order valence-electron chi connectivity index (χ0n) is 12.9. The van der Waals surface area contributed by atoms with E-state index in [-0.39, 0.29) is 0 Å². The van der Waals surface area contributed by atoms with Crippen molar-refractivity contribution in [2.75, 3.05) is 6.61 Å². The average molecular weight is 495 g/mol. The fourth-order valence-electron chi connectivity index (χ4n) is 1.36. The molecule has 0 N–H and O–H groups in total. The predicted molar refractivity (Wildman–Crippen MR) is 54.9 cm³/mol. The summed E-state index contributed by atoms with van der Waals surface area (Å²) < 4.78 is 226. The van der Waals surface area contributed by atoms with Gasteiger partial charge in [-0.05, 0) is 0 Å². The molecule has 0 aliphatic carbocycles. The van der Waals surface area contributed by atoms with Crippen LogP contribution in [0.25, 0.3) is 0 Å². The number of hydrogen-bond acceptors (Lipinski definition) is 2. The van der Waals surface area contributed by atoms with Gasteiger partial charge in [-0.25, -0.2) is 4.39 Å². The van der Waals surface area contributed by atoms with Gasteiger partial charge in [0.1, 0.15) is 0 Å². The number of rotatable bonds is 6. The number of allylic oxidation sites excluding steroid dienone is 1. The molecule has 1 unspecified atom stereocenters. The van der Waals surface area contributed by atoms with Crippen LogP contribution in [0.1, 0.15) is 0 Å². The third-order valence-corrected chi connectivity index (χ3v) is 2.58. The molecule has 0 fully saturated rings. The van der Waals surface area contributed by atoms with Gasteiger partial charge in [0, 0.05) is 0 Å². The van der Waals surface area contributed by atoms with Crippen LogP contribution in [0, 0.1) is 0 Å². The first-order valence-electron chi connectivity index (χ1n) is 6.28. The van der Waals surface area contributed by atoms with Crippen molar-refractivity contribution in [2.45, 2.75) is 43.0 Å². The van der Waals surface area contributed by atoms with E-state index in [0.717, 1.165) is 0 Å². The largest absolute Gasteiger partial charge is 0.491 e. The van der Waals surface area contributed by atoms with E-state index in [2.05, 4.69) is 4.74 Å². The highest BCUT2D eigenvalue weighted by molar-refractivity contribution is 5.10. The van der Waals surface area contributed by atoms with Crippen LogP contribution in [0.15, 0.2) is 11.7 Å². The number of halogens is 18. The van der Waals surface area contributed by atoms with Gasteiger partial charge in [0.2, 0.25) is 5.95 Å². The highest BCUT2D eigenvalue weighted by Crippen LogP contribution is 2.48. The predicted octanol–water partition coefficient (Wildman–Crippen LogP) is 6.22. The van der Waals surface area contributed by atoms with Crippen LogP contribution in [0.4, 0.5) is 79.0 Å². The molecular weight excluding hydrogens is 492 g/mol. The zero-order valence-corrected chi connectivity index (χ0v) is 12.9. The molecule has 0 heterocycles. The highest BCUT2D eigenvalue weighted by Gasteiger charge is 2.70. The Morgan fingerprint density at radius 1 is 0.733 bits per heavy atom. The molecular formula is C10H3F18NO. The van der Waals surface area contributed by atoms with Gasteiger partial charge in [0.05, 0.1) is 0 Å². The van der Waals surface area contributed by atoms with Crippen molar-refractivity contribution >= 4 is 0 Å². The Bertz CT molecular complexity index is 621. The van der Waals surface area contributed by atoms with Crippen LogP contribution in [0.3, 0.4) is 0 Å². The van der Waals surface area contributed by atoms with Crippen molar-refractivity contribution in [3.05, 3.63) is 11.7 Å². The zero-order chi connectivity index (χ0) is 24.7. The summed E-state index contributed by atoms with van der Waals surface area (Å²) in [6.45, 7) is -3.56. The van der Waals surface area contributed by atoms with Gasteiger partial charge in [-0.1, -0.05) is 0 Å². The Balaban J connectivity index is 6.45. The maximum Gasteiger partial charge on any atom is 0.491 e. The molecule has 0 rings (SSSR count). The van der Waals surface area contributed by atoms with Gasteiger partial charge in [0.15, 0.2) is 6.61 Å². The van der Waals surface area contributed by atoms with Crippen LogP contribution in [0.5, 0.6) is 0 Å². The Hall–Kier alpha value is -1.92. The smallest absolute Gasteiger partial charge is 0.479 e. The summed E-state index contributed by atoms with van der Waals surface area (Å²) in [5.74, 6) is -15.0. The Kier molecular flexibility index (Phi) is 7.46. The van der Waals surface area contributed by atoms with Crippen molar-refractivity contribution in [2.24, 2.45) is 0 Å². The standard InChI is InChI=1S/C10H3F18NO/c11-3(29(10(26,27)28)9(24,25)8(21,22)23)2(6(15,16)17)30-1-5(13,14)4(12)7(18,19)20/h4H,1H2/b3-2-. The second-order valence-electron chi connectivity index (χ2n) is 4.91. The van der Waals surface area contributed by atoms with Crippen LogP contribution in [-0.2, 0) is 4.74 Å². The molecule has 0 bridgehead atoms. The molecule has 0 aromatic rings. The molecule has 1 atom stereocenters. The van der Waals surface area contributed by atoms with Crippen LogP contribution < -0.4 is 0 Å². The van der Waals surface area contributed by atoms with Crippen molar-refractivity contribution in [3.8, 4) is 0 Å². The van der Waals surface area contributed by atoms with Gasteiger partial charge in [0.25, 0.3) is 11.9 Å². The first kappa shape index (κ1) is 28.1. The van der Waals surface area contributed by atoms with E-state index in [9.17, 15) is 79.0 Å². The SMILES string of the molecule is F/C(=C(/OCC(F)(F)C(F)C(F)(F)F)C(F)(F)F)N(C(F)(F)F)C(F)(F)C(F)(F)F. The van der Waals surface area contributed by atoms with E-state index in [1.807, 2.05) is 0 Å². The Labute approximate surface area is 151 Å². The minimum Gasteiger partial charge on any atom is -0.479 e. The molecule has 0 amide bonds. The Morgan fingerprint density at radius 3 is 1.40 bits per heavy atom. The third kappa shape index (κ3) is 6.29. The van der Waals surface area contributed by atoms with Crippen LogP contribution >= 0.6 is 0 Å². The fourth-order valence-corrected chi connectivity index (χ4v) is 1.36. The molecule has 30 heavy (non-hydrogen) atoms. The van der Waals surface area contributed by atoms with E-state index >= 15 is 0 Å². The van der Waals surface area contributed by atoms with Crippen molar-refractivity contribution < 1.29 is 83.8 Å². The topological polar surface area (TPSA) is 12.5 Å². The molecule has 0 aromatic carbocycles. The van der Waals surface area contributed by atoms with Gasteiger partial charge < -0.3 is 4.74 Å². The minimum atomic E-state index is -7.48. The Morgan fingerprint density at radius 2 is 1.13 bits per heavy atom. The number of nitrogens with zero attached hydrogens (tertiary/aromatic N) is 1. The third-order valence-electron chi connectivity index (χ3n) is 2.58. The molecule has 0 saturated carbocycles. The lowest BCUT2D eigenvalue weighted by atomic mass is 10.2. The van der Waals surface area contributed by atoms with E-state index < -0.39 is 66.2 Å². The summed E-state index contributed by atoms with van der Waals surface area (Å²) in [4.78, 5) is -3.81. The molecule has 0 radical (unpaired) electrons. The molecule has 20 heteroatoms. The number of ether oxygens (including phenoxy) is 1.